The second kappa shape index (κ2) is 8.50. The normalized spacial score (nSPS) is 12.1. The summed E-state index contributed by atoms with van der Waals surface area (Å²) in [5.74, 6) is 1.19. The molecule has 0 radical (unpaired) electrons. The highest BCUT2D eigenvalue weighted by Crippen LogP contribution is 2.29. The Bertz CT molecular complexity index is 731. The predicted molar refractivity (Wildman–Crippen MR) is 104 cm³/mol. The number of rotatable bonds is 7. The van der Waals surface area contributed by atoms with E-state index < -0.39 is 0 Å². The minimum atomic E-state index is 0.0810. The van der Waals surface area contributed by atoms with Crippen LogP contribution >= 0.6 is 0 Å². The zero-order chi connectivity index (χ0) is 17.5. The van der Waals surface area contributed by atoms with Gasteiger partial charge >= 0.3 is 0 Å². The van der Waals surface area contributed by atoms with E-state index in [4.69, 9.17) is 10.5 Å². The van der Waals surface area contributed by atoms with Crippen molar-refractivity contribution in [3.8, 4) is 5.75 Å². The molecule has 0 saturated heterocycles. The van der Waals surface area contributed by atoms with Crippen LogP contribution in [0.25, 0.3) is 0 Å². The van der Waals surface area contributed by atoms with E-state index >= 15 is 0 Å². The van der Waals surface area contributed by atoms with Crippen LogP contribution in [-0.2, 0) is 6.42 Å². The van der Waals surface area contributed by atoms with E-state index in [1.54, 1.807) is 7.11 Å². The summed E-state index contributed by atoms with van der Waals surface area (Å²) in [6.45, 7) is 0. The number of methoxy groups -OCH3 is 1. The molecule has 0 aromatic heterocycles. The molecule has 0 spiro atoms. The van der Waals surface area contributed by atoms with Gasteiger partial charge in [-0.05, 0) is 41.7 Å². The fraction of sp³-hybridized carbons (Fsp3) is 0.217. The lowest BCUT2D eigenvalue weighted by Crippen LogP contribution is -2.26. The average molecular weight is 331 g/mol. The molecular formula is C23H25NO. The zero-order valence-corrected chi connectivity index (χ0v) is 14.6. The van der Waals surface area contributed by atoms with Crippen molar-refractivity contribution >= 4 is 0 Å². The molecule has 3 aromatic rings. The Morgan fingerprint density at radius 1 is 0.800 bits per heavy atom. The zero-order valence-electron chi connectivity index (χ0n) is 14.6. The highest BCUT2D eigenvalue weighted by Gasteiger charge is 2.18. The summed E-state index contributed by atoms with van der Waals surface area (Å²) in [5.41, 5.74) is 10.4. The Labute approximate surface area is 150 Å². The highest BCUT2D eigenvalue weighted by atomic mass is 16.5. The van der Waals surface area contributed by atoms with Crippen molar-refractivity contribution < 1.29 is 4.74 Å². The van der Waals surface area contributed by atoms with Gasteiger partial charge in [-0.2, -0.15) is 0 Å². The van der Waals surface area contributed by atoms with Gasteiger partial charge in [-0.25, -0.2) is 0 Å². The van der Waals surface area contributed by atoms with Crippen LogP contribution in [-0.4, -0.2) is 13.2 Å². The topological polar surface area (TPSA) is 35.2 Å². The quantitative estimate of drug-likeness (QED) is 0.676. The van der Waals surface area contributed by atoms with E-state index in [0.717, 1.165) is 18.6 Å². The van der Waals surface area contributed by atoms with Gasteiger partial charge in [0.25, 0.3) is 0 Å². The van der Waals surface area contributed by atoms with E-state index in [0.29, 0.717) is 5.92 Å². The SMILES string of the molecule is COc1cccc(CC(N)CC(c2ccccc2)c2ccccc2)c1. The summed E-state index contributed by atoms with van der Waals surface area (Å²) >= 11 is 0. The van der Waals surface area contributed by atoms with Gasteiger partial charge in [0.2, 0.25) is 0 Å². The van der Waals surface area contributed by atoms with Crippen molar-refractivity contribution in [2.75, 3.05) is 7.11 Å². The smallest absolute Gasteiger partial charge is 0.119 e. The van der Waals surface area contributed by atoms with E-state index in [1.165, 1.54) is 16.7 Å². The third-order valence-corrected chi connectivity index (χ3v) is 4.57. The Balaban J connectivity index is 1.78. The number of nitrogens with two attached hydrogens (primary N) is 1. The third-order valence-electron chi connectivity index (χ3n) is 4.57. The van der Waals surface area contributed by atoms with Crippen LogP contribution in [0.1, 0.15) is 29.0 Å². The lowest BCUT2D eigenvalue weighted by atomic mass is 9.85. The first-order valence-corrected chi connectivity index (χ1v) is 8.74. The summed E-state index contributed by atoms with van der Waals surface area (Å²) < 4.78 is 5.32. The van der Waals surface area contributed by atoms with Crippen LogP contribution in [0.4, 0.5) is 0 Å². The van der Waals surface area contributed by atoms with Crippen molar-refractivity contribution in [1.82, 2.24) is 0 Å². The van der Waals surface area contributed by atoms with Crippen LogP contribution in [0, 0.1) is 0 Å². The molecule has 25 heavy (non-hydrogen) atoms. The summed E-state index contributed by atoms with van der Waals surface area (Å²) in [4.78, 5) is 0. The predicted octanol–water partition coefficient (Wildman–Crippen LogP) is 4.79. The molecule has 0 amide bonds. The van der Waals surface area contributed by atoms with Gasteiger partial charge < -0.3 is 10.5 Å². The molecule has 0 aliphatic carbocycles. The summed E-state index contributed by atoms with van der Waals surface area (Å²) in [6, 6.07) is 29.5. The molecule has 128 valence electrons. The van der Waals surface area contributed by atoms with Crippen LogP contribution in [0.2, 0.25) is 0 Å². The largest absolute Gasteiger partial charge is 0.497 e. The minimum absolute atomic E-state index is 0.0810. The van der Waals surface area contributed by atoms with Crippen LogP contribution < -0.4 is 10.5 Å². The maximum atomic E-state index is 6.53. The molecular weight excluding hydrogens is 306 g/mol. The van der Waals surface area contributed by atoms with Crippen molar-refractivity contribution in [2.24, 2.45) is 5.73 Å². The van der Waals surface area contributed by atoms with Crippen molar-refractivity contribution in [3.63, 3.8) is 0 Å². The van der Waals surface area contributed by atoms with E-state index in [2.05, 4.69) is 72.8 Å². The average Bonchev–Trinajstić information content (AvgIpc) is 2.67. The molecule has 1 atom stereocenters. The van der Waals surface area contributed by atoms with Crippen LogP contribution in [0.5, 0.6) is 5.75 Å². The molecule has 2 nitrogen and oxygen atoms in total. The second-order valence-corrected chi connectivity index (χ2v) is 6.43. The number of benzene rings is 3. The van der Waals surface area contributed by atoms with E-state index in [-0.39, 0.29) is 6.04 Å². The molecule has 3 aromatic carbocycles. The van der Waals surface area contributed by atoms with Crippen molar-refractivity contribution in [1.29, 1.82) is 0 Å². The van der Waals surface area contributed by atoms with Gasteiger partial charge in [-0.3, -0.25) is 0 Å². The molecule has 2 N–H and O–H groups in total. The maximum absolute atomic E-state index is 6.53. The first-order chi connectivity index (χ1) is 12.3. The minimum Gasteiger partial charge on any atom is -0.497 e. The lowest BCUT2D eigenvalue weighted by Gasteiger charge is -2.22. The summed E-state index contributed by atoms with van der Waals surface area (Å²) in [7, 11) is 1.69. The maximum Gasteiger partial charge on any atom is 0.119 e. The highest BCUT2D eigenvalue weighted by molar-refractivity contribution is 5.33. The molecule has 2 heteroatoms. The number of ether oxygens (including phenoxy) is 1. The van der Waals surface area contributed by atoms with Gasteiger partial charge in [0, 0.05) is 12.0 Å². The Morgan fingerprint density at radius 2 is 1.40 bits per heavy atom. The molecule has 3 rings (SSSR count). The van der Waals surface area contributed by atoms with Crippen molar-refractivity contribution in [2.45, 2.75) is 24.8 Å². The molecule has 0 heterocycles. The standard InChI is InChI=1S/C23H25NO/c1-25-22-14-8-9-18(16-22)15-21(24)17-23(19-10-4-2-5-11-19)20-12-6-3-7-13-20/h2-14,16,21,23H,15,17,24H2,1H3. The molecule has 0 bridgehead atoms. The molecule has 0 aliphatic rings. The molecule has 0 fully saturated rings. The fourth-order valence-electron chi connectivity index (χ4n) is 3.32. The van der Waals surface area contributed by atoms with Gasteiger partial charge in [-0.15, -0.1) is 0 Å². The van der Waals surface area contributed by atoms with Gasteiger partial charge in [-0.1, -0.05) is 72.8 Å². The fourth-order valence-corrected chi connectivity index (χ4v) is 3.32. The van der Waals surface area contributed by atoms with E-state index in [9.17, 15) is 0 Å². The number of hydrogen-bond donors (Lipinski definition) is 1. The monoisotopic (exact) mass is 331 g/mol. The first-order valence-electron chi connectivity index (χ1n) is 8.74. The second-order valence-electron chi connectivity index (χ2n) is 6.43. The number of hydrogen-bond acceptors (Lipinski definition) is 2. The van der Waals surface area contributed by atoms with E-state index in [1.807, 2.05) is 12.1 Å². The van der Waals surface area contributed by atoms with Crippen LogP contribution in [0.15, 0.2) is 84.9 Å². The lowest BCUT2D eigenvalue weighted by molar-refractivity contribution is 0.414. The van der Waals surface area contributed by atoms with Gasteiger partial charge in [0.1, 0.15) is 5.75 Å². The molecule has 0 saturated carbocycles. The Morgan fingerprint density at radius 3 is 1.96 bits per heavy atom. The Hall–Kier alpha value is -2.58. The summed E-state index contributed by atoms with van der Waals surface area (Å²) in [5, 5.41) is 0. The van der Waals surface area contributed by atoms with Crippen LogP contribution in [0.3, 0.4) is 0 Å². The first kappa shape index (κ1) is 17.2. The summed E-state index contributed by atoms with van der Waals surface area (Å²) in [6.07, 6.45) is 1.75. The molecule has 0 aliphatic heterocycles. The van der Waals surface area contributed by atoms with Gasteiger partial charge in [0.05, 0.1) is 7.11 Å². The van der Waals surface area contributed by atoms with Gasteiger partial charge in [0.15, 0.2) is 0 Å². The molecule has 1 unspecified atom stereocenters. The van der Waals surface area contributed by atoms with Crippen molar-refractivity contribution in [3.05, 3.63) is 102 Å². The Kier molecular flexibility index (Phi) is 5.86. The third kappa shape index (κ3) is 4.71.